The molecule has 9 heteroatoms. The minimum Gasteiger partial charge on any atom is -0.450 e. The van der Waals surface area contributed by atoms with Gasteiger partial charge in [-0.1, -0.05) is 23.7 Å². The minimum absolute atomic E-state index is 0.0264. The van der Waals surface area contributed by atoms with Crippen LogP contribution < -0.4 is 10.2 Å². The number of amides is 2. The maximum Gasteiger partial charge on any atom is 0.409 e. The number of nitrogens with zero attached hydrogens (tertiary/aromatic N) is 4. The van der Waals surface area contributed by atoms with Crippen LogP contribution in [0.2, 0.25) is 5.02 Å². The van der Waals surface area contributed by atoms with Gasteiger partial charge in [0.05, 0.1) is 17.1 Å². The molecule has 2 amide bonds. The summed E-state index contributed by atoms with van der Waals surface area (Å²) in [7, 11) is 0. The Morgan fingerprint density at radius 3 is 2.50 bits per heavy atom. The number of halogens is 1. The van der Waals surface area contributed by atoms with E-state index in [1.54, 1.807) is 30.0 Å². The largest absolute Gasteiger partial charge is 0.450 e. The van der Waals surface area contributed by atoms with Crippen LogP contribution in [-0.4, -0.2) is 65.7 Å². The molecule has 0 unspecified atom stereocenters. The Kier molecular flexibility index (Phi) is 7.17. The third kappa shape index (κ3) is 5.07. The van der Waals surface area contributed by atoms with E-state index >= 15 is 0 Å². The molecule has 0 aliphatic carbocycles. The van der Waals surface area contributed by atoms with Crippen LogP contribution in [0.15, 0.2) is 42.5 Å². The lowest BCUT2D eigenvalue weighted by Crippen LogP contribution is -2.49. The van der Waals surface area contributed by atoms with Crippen molar-refractivity contribution in [2.45, 2.75) is 26.8 Å². The summed E-state index contributed by atoms with van der Waals surface area (Å²) in [6, 6.07) is 12.9. The Morgan fingerprint density at radius 2 is 1.82 bits per heavy atom. The van der Waals surface area contributed by atoms with E-state index in [0.717, 1.165) is 16.8 Å². The molecule has 1 aromatic heterocycles. The number of aromatic nitrogens is 2. The molecule has 0 bridgehead atoms. The van der Waals surface area contributed by atoms with E-state index in [-0.39, 0.29) is 18.0 Å². The number of nitrogens with one attached hydrogen (secondary N) is 1. The van der Waals surface area contributed by atoms with Gasteiger partial charge in [-0.2, -0.15) is 0 Å². The van der Waals surface area contributed by atoms with E-state index in [1.807, 2.05) is 38.1 Å². The summed E-state index contributed by atoms with van der Waals surface area (Å²) in [6.07, 6.45) is -0.299. The zero-order valence-electron chi connectivity index (χ0n) is 19.5. The van der Waals surface area contributed by atoms with E-state index in [1.165, 1.54) is 0 Å². The van der Waals surface area contributed by atoms with E-state index in [4.69, 9.17) is 26.3 Å². The molecule has 0 radical (unpaired) electrons. The van der Waals surface area contributed by atoms with Crippen molar-refractivity contribution < 1.29 is 14.3 Å². The second-order valence-electron chi connectivity index (χ2n) is 8.38. The normalized spacial score (nSPS) is 13.9. The van der Waals surface area contributed by atoms with Crippen molar-refractivity contribution in [1.82, 2.24) is 20.2 Å². The van der Waals surface area contributed by atoms with Gasteiger partial charge in [-0.05, 0) is 51.1 Å². The highest BCUT2D eigenvalue weighted by atomic mass is 35.5. The fourth-order valence-corrected chi connectivity index (χ4v) is 4.14. The zero-order valence-corrected chi connectivity index (χ0v) is 20.3. The predicted octanol–water partition coefficient (Wildman–Crippen LogP) is 4.37. The van der Waals surface area contributed by atoms with Crippen LogP contribution in [0, 0.1) is 0 Å². The third-order valence-corrected chi connectivity index (χ3v) is 5.91. The van der Waals surface area contributed by atoms with Gasteiger partial charge in [0, 0.05) is 48.7 Å². The fourth-order valence-electron chi connectivity index (χ4n) is 3.92. The van der Waals surface area contributed by atoms with Crippen molar-refractivity contribution >= 4 is 40.3 Å². The summed E-state index contributed by atoms with van der Waals surface area (Å²) < 4.78 is 5.14. The molecule has 3 aromatic rings. The smallest absolute Gasteiger partial charge is 0.409 e. The average molecular weight is 482 g/mol. The average Bonchev–Trinajstić information content (AvgIpc) is 2.83. The predicted molar refractivity (Wildman–Crippen MR) is 133 cm³/mol. The molecule has 0 atom stereocenters. The molecular formula is C25H28ClN5O3. The van der Waals surface area contributed by atoms with Gasteiger partial charge in [0.2, 0.25) is 0 Å². The van der Waals surface area contributed by atoms with E-state index in [9.17, 15) is 9.59 Å². The van der Waals surface area contributed by atoms with Crippen LogP contribution in [0.4, 0.5) is 10.6 Å². The number of hydrogen-bond donors (Lipinski definition) is 1. The van der Waals surface area contributed by atoms with Crippen LogP contribution in [0.25, 0.3) is 22.3 Å². The summed E-state index contributed by atoms with van der Waals surface area (Å²) in [4.78, 5) is 38.2. The molecule has 178 valence electrons. The first-order chi connectivity index (χ1) is 16.4. The summed E-state index contributed by atoms with van der Waals surface area (Å²) in [5, 5.41) is 4.30. The third-order valence-electron chi connectivity index (χ3n) is 5.58. The van der Waals surface area contributed by atoms with Gasteiger partial charge in [-0.3, -0.25) is 4.79 Å². The first-order valence-electron chi connectivity index (χ1n) is 11.4. The standard InChI is InChI=1S/C25H28ClN5O3/c1-4-34-25(33)31-13-11-30(12-14-31)23-19-10-9-17(24(32)27-16(2)3)15-21(19)28-22(29-23)18-7-5-6-8-20(18)26/h5-10,15-16H,4,11-14H2,1-3H3,(H,27,32). The molecule has 0 spiro atoms. The van der Waals surface area contributed by atoms with E-state index < -0.39 is 0 Å². The van der Waals surface area contributed by atoms with Crippen LogP contribution in [0.1, 0.15) is 31.1 Å². The zero-order chi connectivity index (χ0) is 24.2. The molecule has 1 aliphatic heterocycles. The molecule has 8 nitrogen and oxygen atoms in total. The van der Waals surface area contributed by atoms with Crippen molar-refractivity contribution in [3.63, 3.8) is 0 Å². The molecule has 1 saturated heterocycles. The van der Waals surface area contributed by atoms with Gasteiger partial charge >= 0.3 is 6.09 Å². The van der Waals surface area contributed by atoms with Gasteiger partial charge in [0.15, 0.2) is 5.82 Å². The highest BCUT2D eigenvalue weighted by molar-refractivity contribution is 6.33. The lowest BCUT2D eigenvalue weighted by atomic mass is 10.1. The van der Waals surface area contributed by atoms with E-state index in [0.29, 0.717) is 54.7 Å². The molecule has 2 heterocycles. The van der Waals surface area contributed by atoms with Crippen molar-refractivity contribution in [3.8, 4) is 11.4 Å². The lowest BCUT2D eigenvalue weighted by molar-refractivity contribution is 0.0942. The Balaban J connectivity index is 1.75. The van der Waals surface area contributed by atoms with Gasteiger partial charge in [0.25, 0.3) is 5.91 Å². The number of carbonyl (C=O) groups is 2. The summed E-state index contributed by atoms with van der Waals surface area (Å²) in [5.41, 5.74) is 1.90. The molecule has 1 N–H and O–H groups in total. The van der Waals surface area contributed by atoms with Crippen LogP contribution in [-0.2, 0) is 4.74 Å². The SMILES string of the molecule is CCOC(=O)N1CCN(c2nc(-c3ccccc3Cl)nc3cc(C(=O)NC(C)C)ccc23)CC1. The summed E-state index contributed by atoms with van der Waals surface area (Å²) in [5.74, 6) is 1.08. The highest BCUT2D eigenvalue weighted by Crippen LogP contribution is 2.32. The summed E-state index contributed by atoms with van der Waals surface area (Å²) in [6.45, 7) is 8.25. The lowest BCUT2D eigenvalue weighted by Gasteiger charge is -2.35. The first kappa shape index (κ1) is 23.8. The van der Waals surface area contributed by atoms with Crippen LogP contribution in [0.5, 0.6) is 0 Å². The van der Waals surface area contributed by atoms with Crippen LogP contribution in [0.3, 0.4) is 0 Å². The number of anilines is 1. The highest BCUT2D eigenvalue weighted by Gasteiger charge is 2.25. The first-order valence-corrected chi connectivity index (χ1v) is 11.8. The number of carbonyl (C=O) groups excluding carboxylic acids is 2. The Bertz CT molecular complexity index is 1210. The number of fused-ring (bicyclic) bond motifs is 1. The molecule has 0 saturated carbocycles. The van der Waals surface area contributed by atoms with Gasteiger partial charge in [0.1, 0.15) is 5.82 Å². The molecule has 2 aromatic carbocycles. The van der Waals surface area contributed by atoms with Crippen molar-refractivity contribution in [1.29, 1.82) is 0 Å². The Hall–Kier alpha value is -3.39. The minimum atomic E-state index is -0.299. The van der Waals surface area contributed by atoms with Gasteiger partial charge in [-0.25, -0.2) is 14.8 Å². The number of piperazine rings is 1. The van der Waals surface area contributed by atoms with Gasteiger partial charge in [-0.15, -0.1) is 0 Å². The van der Waals surface area contributed by atoms with E-state index in [2.05, 4.69) is 10.2 Å². The Morgan fingerprint density at radius 1 is 1.09 bits per heavy atom. The second-order valence-corrected chi connectivity index (χ2v) is 8.79. The van der Waals surface area contributed by atoms with Crippen molar-refractivity contribution in [2.75, 3.05) is 37.7 Å². The van der Waals surface area contributed by atoms with Crippen molar-refractivity contribution in [3.05, 3.63) is 53.1 Å². The number of hydrogen-bond acceptors (Lipinski definition) is 6. The number of rotatable bonds is 5. The monoisotopic (exact) mass is 481 g/mol. The molecule has 34 heavy (non-hydrogen) atoms. The number of ether oxygens (including phenoxy) is 1. The Labute approximate surface area is 203 Å². The maximum atomic E-state index is 12.6. The quantitative estimate of drug-likeness (QED) is 0.582. The molecule has 1 aliphatic rings. The topological polar surface area (TPSA) is 87.7 Å². The second kappa shape index (κ2) is 10.3. The molecule has 1 fully saturated rings. The molecular weight excluding hydrogens is 454 g/mol. The van der Waals surface area contributed by atoms with Crippen molar-refractivity contribution in [2.24, 2.45) is 0 Å². The van der Waals surface area contributed by atoms with Crippen LogP contribution >= 0.6 is 11.6 Å². The number of benzene rings is 2. The molecule has 4 rings (SSSR count). The summed E-state index contributed by atoms with van der Waals surface area (Å²) >= 11 is 6.45. The fraction of sp³-hybridized carbons (Fsp3) is 0.360. The van der Waals surface area contributed by atoms with Gasteiger partial charge < -0.3 is 19.9 Å². The maximum absolute atomic E-state index is 12.6.